The van der Waals surface area contributed by atoms with Gasteiger partial charge in [0.2, 0.25) is 6.04 Å². The minimum absolute atomic E-state index is 0.0739. The van der Waals surface area contributed by atoms with Gasteiger partial charge in [-0.05, 0) is 20.8 Å². The molecule has 0 bridgehead atoms. The maximum Gasteiger partial charge on any atom is 0.410 e. The largest absolute Gasteiger partial charge is 0.481 e. The number of nitrogens with zero attached hydrogens (tertiary/aromatic N) is 2. The third kappa shape index (κ3) is 2.11. The van der Waals surface area contributed by atoms with Crippen LogP contribution in [0.25, 0.3) is 0 Å². The Bertz CT molecular complexity index is 427. The van der Waals surface area contributed by atoms with Crippen LogP contribution in [0.2, 0.25) is 0 Å². The first kappa shape index (κ1) is 13.6. The van der Waals surface area contributed by atoms with E-state index in [1.54, 1.807) is 20.8 Å². The number of aliphatic carboxylic acids is 1. The number of carbonyl (C=O) groups excluding carboxylic acids is 1. The Morgan fingerprint density at radius 1 is 1.42 bits per heavy atom. The van der Waals surface area contributed by atoms with Crippen molar-refractivity contribution in [3.05, 3.63) is 10.1 Å². The lowest BCUT2D eigenvalue weighted by Crippen LogP contribution is -2.55. The first-order chi connectivity index (χ1) is 8.58. The Hall–Kier alpha value is -1.86. The fourth-order valence-corrected chi connectivity index (χ4v) is 2.69. The molecule has 0 aromatic rings. The Morgan fingerprint density at radius 3 is 2.26 bits per heavy atom. The zero-order valence-corrected chi connectivity index (χ0v) is 11.0. The van der Waals surface area contributed by atoms with Crippen LogP contribution in [-0.4, -0.2) is 51.7 Å². The van der Waals surface area contributed by atoms with Gasteiger partial charge in [-0.25, -0.2) is 4.79 Å². The first-order valence-electron chi connectivity index (χ1n) is 5.93. The summed E-state index contributed by atoms with van der Waals surface area (Å²) >= 11 is 0. The van der Waals surface area contributed by atoms with Crippen molar-refractivity contribution in [2.75, 3.05) is 13.1 Å². The van der Waals surface area contributed by atoms with Crippen molar-refractivity contribution in [1.29, 1.82) is 0 Å². The van der Waals surface area contributed by atoms with Gasteiger partial charge >= 0.3 is 12.1 Å². The number of carbonyl (C=O) groups is 2. The van der Waals surface area contributed by atoms with Crippen molar-refractivity contribution in [3.8, 4) is 0 Å². The summed E-state index contributed by atoms with van der Waals surface area (Å²) < 4.78 is 5.12. The van der Waals surface area contributed by atoms with Crippen LogP contribution >= 0.6 is 0 Å². The fourth-order valence-electron chi connectivity index (χ4n) is 2.69. The summed E-state index contributed by atoms with van der Waals surface area (Å²) in [5.74, 6) is -2.17. The highest BCUT2D eigenvalue weighted by Crippen LogP contribution is 2.60. The van der Waals surface area contributed by atoms with E-state index >= 15 is 0 Å². The van der Waals surface area contributed by atoms with Gasteiger partial charge in [-0.3, -0.25) is 14.9 Å². The van der Waals surface area contributed by atoms with Gasteiger partial charge < -0.3 is 14.7 Å². The van der Waals surface area contributed by atoms with Gasteiger partial charge in [0.15, 0.2) is 0 Å². The number of hydrogen-bond donors (Lipinski definition) is 1. The molecule has 2 fully saturated rings. The highest BCUT2D eigenvalue weighted by Gasteiger charge is 2.82. The second kappa shape index (κ2) is 3.82. The van der Waals surface area contributed by atoms with E-state index in [1.165, 1.54) is 4.90 Å². The van der Waals surface area contributed by atoms with Gasteiger partial charge in [0, 0.05) is 18.0 Å². The lowest BCUT2D eigenvalue weighted by Gasteiger charge is -2.39. The fraction of sp³-hybridized carbons (Fsp3) is 0.818. The molecule has 8 nitrogen and oxygen atoms in total. The number of rotatable bonds is 2. The molecule has 2 aliphatic rings. The van der Waals surface area contributed by atoms with E-state index in [2.05, 4.69) is 0 Å². The number of amides is 1. The summed E-state index contributed by atoms with van der Waals surface area (Å²) in [5.41, 5.74) is -1.54. The van der Waals surface area contributed by atoms with Crippen molar-refractivity contribution in [1.82, 2.24) is 4.90 Å². The molecule has 1 spiro atoms. The molecule has 1 saturated carbocycles. The molecule has 1 heterocycles. The number of carboxylic acids is 1. The number of nitro groups is 1. The van der Waals surface area contributed by atoms with Gasteiger partial charge in [0.1, 0.15) is 11.5 Å². The van der Waals surface area contributed by atoms with Gasteiger partial charge in [-0.1, -0.05) is 0 Å². The van der Waals surface area contributed by atoms with E-state index < -0.39 is 40.0 Å². The van der Waals surface area contributed by atoms with Crippen LogP contribution in [0.15, 0.2) is 0 Å². The second-order valence-corrected chi connectivity index (χ2v) is 6.12. The molecule has 19 heavy (non-hydrogen) atoms. The third-order valence-corrected chi connectivity index (χ3v) is 3.53. The quantitative estimate of drug-likeness (QED) is 0.581. The second-order valence-electron chi connectivity index (χ2n) is 6.12. The molecule has 8 heteroatoms. The van der Waals surface area contributed by atoms with Crippen LogP contribution in [0, 0.1) is 21.4 Å². The third-order valence-electron chi connectivity index (χ3n) is 3.53. The Kier molecular flexibility index (Phi) is 2.72. The van der Waals surface area contributed by atoms with Crippen molar-refractivity contribution >= 4 is 12.1 Å². The van der Waals surface area contributed by atoms with Crippen LogP contribution in [0.3, 0.4) is 0 Å². The van der Waals surface area contributed by atoms with E-state index in [9.17, 15) is 19.7 Å². The van der Waals surface area contributed by atoms with E-state index in [0.29, 0.717) is 0 Å². The molecule has 0 aromatic carbocycles. The van der Waals surface area contributed by atoms with Crippen molar-refractivity contribution in [2.24, 2.45) is 11.3 Å². The molecule has 2 atom stereocenters. The van der Waals surface area contributed by atoms with Crippen molar-refractivity contribution in [3.63, 3.8) is 0 Å². The predicted molar refractivity (Wildman–Crippen MR) is 62.1 cm³/mol. The standard InChI is InChI=1S/C11H16N2O6/c1-10(2,3)19-9(16)12-4-11(5-12)6(8(14)15)7(11)13(17)18/h6-7H,4-5H2,1-3H3,(H,14,15)/t6-,7+/m1/s1. The molecular weight excluding hydrogens is 256 g/mol. The Morgan fingerprint density at radius 2 is 1.95 bits per heavy atom. The molecule has 0 aromatic heterocycles. The number of hydrogen-bond acceptors (Lipinski definition) is 5. The van der Waals surface area contributed by atoms with Crippen LogP contribution in [0.5, 0.6) is 0 Å². The summed E-state index contributed by atoms with van der Waals surface area (Å²) in [6, 6.07) is -1.09. The van der Waals surface area contributed by atoms with E-state index in [0.717, 1.165) is 0 Å². The first-order valence-corrected chi connectivity index (χ1v) is 5.93. The molecule has 1 saturated heterocycles. The molecule has 106 valence electrons. The van der Waals surface area contributed by atoms with Crippen molar-refractivity contribution < 1.29 is 24.4 Å². The summed E-state index contributed by atoms with van der Waals surface area (Å²) in [4.78, 5) is 34.2. The van der Waals surface area contributed by atoms with E-state index in [4.69, 9.17) is 9.84 Å². The molecule has 1 N–H and O–H groups in total. The molecule has 1 amide bonds. The molecule has 0 radical (unpaired) electrons. The zero-order chi connectivity index (χ0) is 14.6. The molecular formula is C11H16N2O6. The minimum atomic E-state index is -1.18. The summed E-state index contributed by atoms with van der Waals surface area (Å²) in [5, 5.41) is 19.7. The maximum absolute atomic E-state index is 11.7. The monoisotopic (exact) mass is 272 g/mol. The lowest BCUT2D eigenvalue weighted by atomic mass is 9.93. The minimum Gasteiger partial charge on any atom is -0.481 e. The summed E-state index contributed by atoms with van der Waals surface area (Å²) in [6.07, 6.45) is -0.559. The molecule has 1 aliphatic heterocycles. The SMILES string of the molecule is CC(C)(C)OC(=O)N1CC2(C1)[C@@H]([N+](=O)[O-])[C@@H]2C(=O)O. The smallest absolute Gasteiger partial charge is 0.410 e. The number of likely N-dealkylation sites (tertiary alicyclic amines) is 1. The summed E-state index contributed by atoms with van der Waals surface area (Å²) in [6.45, 7) is 5.31. The summed E-state index contributed by atoms with van der Waals surface area (Å²) in [7, 11) is 0. The van der Waals surface area contributed by atoms with E-state index in [1.807, 2.05) is 0 Å². The lowest BCUT2D eigenvalue weighted by molar-refractivity contribution is -0.506. The molecule has 0 unspecified atom stereocenters. The van der Waals surface area contributed by atoms with Crippen LogP contribution < -0.4 is 0 Å². The average Bonchev–Trinajstić information content (AvgIpc) is 2.81. The zero-order valence-electron chi connectivity index (χ0n) is 11.0. The number of carboxylic acid groups (broad SMARTS) is 1. The number of ether oxygens (including phenoxy) is 1. The van der Waals surface area contributed by atoms with Crippen LogP contribution in [-0.2, 0) is 9.53 Å². The molecule has 2 rings (SSSR count). The van der Waals surface area contributed by atoms with E-state index in [-0.39, 0.29) is 13.1 Å². The van der Waals surface area contributed by atoms with Crippen molar-refractivity contribution in [2.45, 2.75) is 32.4 Å². The Labute approximate surface area is 109 Å². The maximum atomic E-state index is 11.7. The van der Waals surface area contributed by atoms with Crippen LogP contribution in [0.4, 0.5) is 4.79 Å². The average molecular weight is 272 g/mol. The van der Waals surface area contributed by atoms with Crippen LogP contribution in [0.1, 0.15) is 20.8 Å². The topological polar surface area (TPSA) is 110 Å². The highest BCUT2D eigenvalue weighted by atomic mass is 16.6. The van der Waals surface area contributed by atoms with Gasteiger partial charge in [-0.2, -0.15) is 0 Å². The molecule has 1 aliphatic carbocycles. The Balaban J connectivity index is 1.97. The van der Waals surface area contributed by atoms with Gasteiger partial charge in [-0.15, -0.1) is 0 Å². The normalized spacial score (nSPS) is 27.6. The van der Waals surface area contributed by atoms with Gasteiger partial charge in [0.25, 0.3) is 0 Å². The van der Waals surface area contributed by atoms with Gasteiger partial charge in [0.05, 0.1) is 5.41 Å². The predicted octanol–water partition coefficient (Wildman–Crippen LogP) is 0.583. The highest BCUT2D eigenvalue weighted by molar-refractivity contribution is 5.79.